The maximum Gasteiger partial charge on any atom is 0.336 e. The quantitative estimate of drug-likeness (QED) is 0.409. The smallest absolute Gasteiger partial charge is 0.336 e. The van der Waals surface area contributed by atoms with Crippen molar-refractivity contribution >= 4 is 28.0 Å². The van der Waals surface area contributed by atoms with Crippen molar-refractivity contribution in [1.82, 2.24) is 0 Å². The molecule has 0 bridgehead atoms. The fourth-order valence-electron chi connectivity index (χ4n) is 1.98. The summed E-state index contributed by atoms with van der Waals surface area (Å²) in [5.41, 5.74) is 2.09. The molecule has 0 saturated heterocycles. The number of esters is 1. The minimum absolute atomic E-state index is 0.418. The molecule has 0 spiro atoms. The third-order valence-corrected chi connectivity index (χ3v) is 3.98. The van der Waals surface area contributed by atoms with E-state index in [2.05, 4.69) is 29.8 Å². The van der Waals surface area contributed by atoms with Gasteiger partial charge in [0.25, 0.3) is 0 Å². The normalized spacial score (nSPS) is 11.0. The minimum atomic E-state index is -0.418. The topological polar surface area (TPSA) is 35.5 Å². The molecule has 3 nitrogen and oxygen atoms in total. The Kier molecular flexibility index (Phi) is 5.99. The Hall–Kier alpha value is -2.07. The summed E-state index contributed by atoms with van der Waals surface area (Å²) in [6.45, 7) is 4.23. The van der Waals surface area contributed by atoms with Gasteiger partial charge in [0.05, 0.1) is 11.6 Å². The van der Waals surface area contributed by atoms with E-state index in [4.69, 9.17) is 9.47 Å². The third kappa shape index (κ3) is 4.96. The van der Waals surface area contributed by atoms with Crippen molar-refractivity contribution in [2.45, 2.75) is 19.8 Å². The molecule has 0 atom stereocenters. The number of methoxy groups -OCH3 is 1. The molecule has 0 aromatic heterocycles. The molecule has 0 aliphatic rings. The number of halogens is 1. The lowest BCUT2D eigenvalue weighted by Crippen LogP contribution is -2.04. The number of ether oxygens (including phenoxy) is 2. The molecular formula is C19H19BrO3. The highest BCUT2D eigenvalue weighted by Crippen LogP contribution is 2.29. The zero-order valence-corrected chi connectivity index (χ0v) is 15.0. The van der Waals surface area contributed by atoms with Crippen molar-refractivity contribution < 1.29 is 14.3 Å². The standard InChI is InChI=1S/C19H19BrO3/c1-13(2)15-7-10-18(17(20)12-15)23-19(21)11-6-14-4-8-16(22-3)9-5-14/h4-13H,1-3H3/b11-6+. The molecule has 0 aliphatic heterocycles. The molecular weight excluding hydrogens is 356 g/mol. The third-order valence-electron chi connectivity index (χ3n) is 3.36. The molecule has 0 radical (unpaired) electrons. The number of carbonyl (C=O) groups is 1. The Balaban J connectivity index is 2.02. The molecule has 0 N–H and O–H groups in total. The highest BCUT2D eigenvalue weighted by molar-refractivity contribution is 9.10. The summed E-state index contributed by atoms with van der Waals surface area (Å²) in [4.78, 5) is 11.9. The van der Waals surface area contributed by atoms with Crippen LogP contribution in [0.1, 0.15) is 30.9 Å². The summed E-state index contributed by atoms with van der Waals surface area (Å²) in [5.74, 6) is 1.29. The lowest BCUT2D eigenvalue weighted by molar-refractivity contribution is -0.128. The van der Waals surface area contributed by atoms with E-state index in [1.165, 1.54) is 11.6 Å². The van der Waals surface area contributed by atoms with Crippen molar-refractivity contribution in [1.29, 1.82) is 0 Å². The van der Waals surface area contributed by atoms with E-state index in [9.17, 15) is 4.79 Å². The predicted molar refractivity (Wildman–Crippen MR) is 95.9 cm³/mol. The molecule has 0 fully saturated rings. The molecule has 0 unspecified atom stereocenters. The predicted octanol–water partition coefficient (Wildman–Crippen LogP) is 5.20. The Morgan fingerprint density at radius 3 is 2.39 bits per heavy atom. The SMILES string of the molecule is COc1ccc(/C=C/C(=O)Oc2ccc(C(C)C)cc2Br)cc1. The fraction of sp³-hybridized carbons (Fsp3) is 0.211. The van der Waals surface area contributed by atoms with Crippen LogP contribution in [-0.2, 0) is 4.79 Å². The van der Waals surface area contributed by atoms with Crippen LogP contribution in [0, 0.1) is 0 Å². The van der Waals surface area contributed by atoms with Crippen LogP contribution < -0.4 is 9.47 Å². The van der Waals surface area contributed by atoms with Gasteiger partial charge in [0.1, 0.15) is 11.5 Å². The largest absolute Gasteiger partial charge is 0.497 e. The first kappa shape index (κ1) is 17.3. The van der Waals surface area contributed by atoms with Gasteiger partial charge in [-0.2, -0.15) is 0 Å². The van der Waals surface area contributed by atoms with Gasteiger partial charge >= 0.3 is 5.97 Å². The van der Waals surface area contributed by atoms with Gasteiger partial charge < -0.3 is 9.47 Å². The van der Waals surface area contributed by atoms with E-state index >= 15 is 0 Å². The van der Waals surface area contributed by atoms with E-state index in [0.29, 0.717) is 11.7 Å². The van der Waals surface area contributed by atoms with Crippen molar-refractivity contribution in [3.05, 3.63) is 64.1 Å². The van der Waals surface area contributed by atoms with Gasteiger partial charge in [-0.25, -0.2) is 4.79 Å². The second kappa shape index (κ2) is 7.97. The van der Waals surface area contributed by atoms with E-state index < -0.39 is 5.97 Å². The van der Waals surface area contributed by atoms with Crippen LogP contribution in [0.5, 0.6) is 11.5 Å². The summed E-state index contributed by atoms with van der Waals surface area (Å²) >= 11 is 3.44. The molecule has 2 rings (SSSR count). The molecule has 2 aromatic rings. The van der Waals surface area contributed by atoms with Crippen molar-refractivity contribution in [2.24, 2.45) is 0 Å². The van der Waals surface area contributed by atoms with Crippen LogP contribution in [0.25, 0.3) is 6.08 Å². The number of rotatable bonds is 5. The molecule has 0 amide bonds. The molecule has 23 heavy (non-hydrogen) atoms. The number of benzene rings is 2. The molecule has 2 aromatic carbocycles. The van der Waals surface area contributed by atoms with Crippen LogP contribution >= 0.6 is 15.9 Å². The Morgan fingerprint density at radius 1 is 1.13 bits per heavy atom. The number of hydrogen-bond donors (Lipinski definition) is 0. The van der Waals surface area contributed by atoms with Gasteiger partial charge in [-0.3, -0.25) is 0 Å². The summed E-state index contributed by atoms with van der Waals surface area (Å²) in [6.07, 6.45) is 3.11. The molecule has 120 valence electrons. The highest BCUT2D eigenvalue weighted by atomic mass is 79.9. The highest BCUT2D eigenvalue weighted by Gasteiger charge is 2.08. The van der Waals surface area contributed by atoms with E-state index in [1.807, 2.05) is 36.4 Å². The first-order valence-corrected chi connectivity index (χ1v) is 8.12. The average Bonchev–Trinajstić information content (AvgIpc) is 2.55. The van der Waals surface area contributed by atoms with Gasteiger partial charge in [0.15, 0.2) is 0 Å². The lowest BCUT2D eigenvalue weighted by Gasteiger charge is -2.09. The van der Waals surface area contributed by atoms with Gasteiger partial charge in [-0.1, -0.05) is 32.0 Å². The Labute approximate surface area is 145 Å². The van der Waals surface area contributed by atoms with Crippen molar-refractivity contribution in [3.63, 3.8) is 0 Å². The zero-order chi connectivity index (χ0) is 16.8. The molecule has 4 heteroatoms. The lowest BCUT2D eigenvalue weighted by atomic mass is 10.0. The molecule has 0 aliphatic carbocycles. The maximum absolute atomic E-state index is 11.9. The van der Waals surface area contributed by atoms with Gasteiger partial charge in [-0.15, -0.1) is 0 Å². The van der Waals surface area contributed by atoms with Crippen molar-refractivity contribution in [2.75, 3.05) is 7.11 Å². The Morgan fingerprint density at radius 2 is 1.83 bits per heavy atom. The first-order chi connectivity index (χ1) is 11.0. The van der Waals surface area contributed by atoms with Crippen LogP contribution in [0.4, 0.5) is 0 Å². The monoisotopic (exact) mass is 374 g/mol. The van der Waals surface area contributed by atoms with E-state index in [1.54, 1.807) is 19.3 Å². The average molecular weight is 375 g/mol. The van der Waals surface area contributed by atoms with E-state index in [0.717, 1.165) is 15.8 Å². The zero-order valence-electron chi connectivity index (χ0n) is 13.4. The number of hydrogen-bond acceptors (Lipinski definition) is 3. The van der Waals surface area contributed by atoms with Crippen LogP contribution in [-0.4, -0.2) is 13.1 Å². The minimum Gasteiger partial charge on any atom is -0.497 e. The van der Waals surface area contributed by atoms with Gasteiger partial charge in [0.2, 0.25) is 0 Å². The van der Waals surface area contributed by atoms with Crippen LogP contribution in [0.2, 0.25) is 0 Å². The second-order valence-electron chi connectivity index (χ2n) is 5.37. The maximum atomic E-state index is 11.9. The molecule has 0 heterocycles. The number of carbonyl (C=O) groups excluding carboxylic acids is 1. The second-order valence-corrected chi connectivity index (χ2v) is 6.23. The van der Waals surface area contributed by atoms with Crippen molar-refractivity contribution in [3.8, 4) is 11.5 Å². The summed E-state index contributed by atoms with van der Waals surface area (Å²) in [5, 5.41) is 0. The Bertz CT molecular complexity index is 703. The molecule has 0 saturated carbocycles. The summed E-state index contributed by atoms with van der Waals surface area (Å²) in [7, 11) is 1.62. The fourth-order valence-corrected chi connectivity index (χ4v) is 2.46. The van der Waals surface area contributed by atoms with Gasteiger partial charge in [0, 0.05) is 6.08 Å². The summed E-state index contributed by atoms with van der Waals surface area (Å²) < 4.78 is 11.2. The van der Waals surface area contributed by atoms with Crippen LogP contribution in [0.3, 0.4) is 0 Å². The van der Waals surface area contributed by atoms with E-state index in [-0.39, 0.29) is 0 Å². The van der Waals surface area contributed by atoms with Crippen LogP contribution in [0.15, 0.2) is 53.0 Å². The summed E-state index contributed by atoms with van der Waals surface area (Å²) in [6, 6.07) is 13.2. The van der Waals surface area contributed by atoms with Gasteiger partial charge in [-0.05, 0) is 63.3 Å². The first-order valence-electron chi connectivity index (χ1n) is 7.33.